The molecule has 0 bridgehead atoms. The van der Waals surface area contributed by atoms with Crippen LogP contribution in [-0.4, -0.2) is 15.1 Å². The van der Waals surface area contributed by atoms with Gasteiger partial charge in [0.05, 0.1) is 26.7 Å². The molecule has 0 unspecified atom stereocenters. The van der Waals surface area contributed by atoms with Gasteiger partial charge in [0.25, 0.3) is 0 Å². The van der Waals surface area contributed by atoms with Crippen LogP contribution in [0.5, 0.6) is 5.75 Å². The lowest BCUT2D eigenvalue weighted by atomic mass is 10.1. The van der Waals surface area contributed by atoms with Crippen molar-refractivity contribution in [2.45, 2.75) is 13.8 Å². The Bertz CT molecular complexity index is 967. The zero-order valence-electron chi connectivity index (χ0n) is 13.0. The topological polar surface area (TPSA) is 72.7 Å². The quantitative estimate of drug-likeness (QED) is 0.614. The molecule has 1 heterocycles. The first-order valence-electron chi connectivity index (χ1n) is 7.16. The van der Waals surface area contributed by atoms with Crippen molar-refractivity contribution in [1.29, 1.82) is 5.26 Å². The van der Waals surface area contributed by atoms with E-state index in [1.165, 1.54) is 12.1 Å². The van der Waals surface area contributed by atoms with Crippen molar-refractivity contribution in [3.63, 3.8) is 0 Å². The molecule has 3 aromatic rings. The number of fused-ring (bicyclic) bond motifs is 1. The molecule has 120 valence electrons. The number of hydrogen-bond donors (Lipinski definition) is 2. The zero-order valence-corrected chi connectivity index (χ0v) is 14.5. The molecule has 2 aromatic carbocycles. The lowest BCUT2D eigenvalue weighted by molar-refractivity contribution is 0.476. The summed E-state index contributed by atoms with van der Waals surface area (Å²) >= 11 is 11.8. The number of nitrogens with zero attached hydrogens (tertiary/aromatic N) is 2. The number of aromatic nitrogens is 2. The van der Waals surface area contributed by atoms with Crippen LogP contribution >= 0.6 is 23.2 Å². The van der Waals surface area contributed by atoms with E-state index in [0.717, 1.165) is 22.2 Å². The summed E-state index contributed by atoms with van der Waals surface area (Å²) in [6, 6.07) is 9.19. The van der Waals surface area contributed by atoms with Crippen LogP contribution in [0.15, 0.2) is 24.3 Å². The number of halogens is 2. The third-order valence-corrected chi connectivity index (χ3v) is 4.40. The Balaban J connectivity index is 2.11. The molecule has 6 heteroatoms. The van der Waals surface area contributed by atoms with Crippen molar-refractivity contribution in [3.05, 3.63) is 56.8 Å². The second-order valence-corrected chi connectivity index (χ2v) is 6.36. The third-order valence-electron chi connectivity index (χ3n) is 3.82. The second-order valence-electron chi connectivity index (χ2n) is 5.54. The number of imidazole rings is 1. The van der Waals surface area contributed by atoms with E-state index in [0.29, 0.717) is 17.0 Å². The van der Waals surface area contributed by atoms with Crippen molar-refractivity contribution < 1.29 is 5.11 Å². The molecule has 0 aliphatic carbocycles. The lowest BCUT2D eigenvalue weighted by Gasteiger charge is -2.02. The predicted molar refractivity (Wildman–Crippen MR) is 97.2 cm³/mol. The average molecular weight is 358 g/mol. The number of allylic oxidation sites excluding steroid dienone is 1. The van der Waals surface area contributed by atoms with E-state index in [1.807, 2.05) is 26.0 Å². The smallest absolute Gasteiger partial charge is 0.152 e. The minimum atomic E-state index is -0.177. The van der Waals surface area contributed by atoms with Gasteiger partial charge in [0, 0.05) is 0 Å². The van der Waals surface area contributed by atoms with Crippen LogP contribution in [0.1, 0.15) is 22.5 Å². The minimum Gasteiger partial charge on any atom is -0.505 e. The molecule has 3 rings (SSSR count). The highest BCUT2D eigenvalue weighted by Gasteiger charge is 2.11. The molecule has 0 atom stereocenters. The van der Waals surface area contributed by atoms with Gasteiger partial charge in [-0.2, -0.15) is 5.26 Å². The highest BCUT2D eigenvalue weighted by atomic mass is 35.5. The number of aryl methyl sites for hydroxylation is 2. The van der Waals surface area contributed by atoms with Crippen LogP contribution in [0.3, 0.4) is 0 Å². The maximum absolute atomic E-state index is 9.62. The number of nitrogens with one attached hydrogen (secondary N) is 1. The Morgan fingerprint density at radius 1 is 1.17 bits per heavy atom. The van der Waals surface area contributed by atoms with E-state index in [2.05, 4.69) is 16.0 Å². The van der Waals surface area contributed by atoms with Gasteiger partial charge in [-0.3, -0.25) is 0 Å². The molecule has 0 saturated carbocycles. The number of benzene rings is 2. The fourth-order valence-electron chi connectivity index (χ4n) is 2.39. The van der Waals surface area contributed by atoms with Gasteiger partial charge in [-0.05, 0) is 60.9 Å². The minimum absolute atomic E-state index is 0.127. The van der Waals surface area contributed by atoms with Gasteiger partial charge in [-0.25, -0.2) is 4.98 Å². The van der Waals surface area contributed by atoms with E-state index < -0.39 is 0 Å². The molecule has 0 saturated heterocycles. The summed E-state index contributed by atoms with van der Waals surface area (Å²) in [5, 5.41) is 19.3. The Labute approximate surface area is 149 Å². The van der Waals surface area contributed by atoms with Gasteiger partial charge in [-0.1, -0.05) is 23.2 Å². The predicted octanol–water partition coefficient (Wildman–Crippen LogP) is 5.26. The van der Waals surface area contributed by atoms with E-state index in [9.17, 15) is 10.4 Å². The van der Waals surface area contributed by atoms with Crippen molar-refractivity contribution in [2.75, 3.05) is 0 Å². The standard InChI is InChI=1S/C18H13Cl2N3O/c1-9-3-15-16(4-10(9)2)23-18(22-15)12(8-21)5-11-6-13(19)17(24)14(20)7-11/h3-7,24H,1-2H3,(H,22,23)/b12-5-. The molecule has 1 aromatic heterocycles. The van der Waals surface area contributed by atoms with Crippen molar-refractivity contribution in [3.8, 4) is 11.8 Å². The summed E-state index contributed by atoms with van der Waals surface area (Å²) in [7, 11) is 0. The molecule has 0 aliphatic heterocycles. The molecule has 0 radical (unpaired) electrons. The molecular weight excluding hydrogens is 345 g/mol. The summed E-state index contributed by atoms with van der Waals surface area (Å²) in [6.45, 7) is 4.04. The van der Waals surface area contributed by atoms with Crippen LogP contribution in [0.2, 0.25) is 10.0 Å². The van der Waals surface area contributed by atoms with E-state index in [-0.39, 0.29) is 15.8 Å². The second kappa shape index (κ2) is 6.20. The molecule has 24 heavy (non-hydrogen) atoms. The maximum Gasteiger partial charge on any atom is 0.152 e. The molecule has 2 N–H and O–H groups in total. The highest BCUT2D eigenvalue weighted by molar-refractivity contribution is 6.37. The number of aromatic amines is 1. The van der Waals surface area contributed by atoms with Gasteiger partial charge in [0.1, 0.15) is 11.9 Å². The largest absolute Gasteiger partial charge is 0.505 e. The number of rotatable bonds is 2. The first-order chi connectivity index (χ1) is 11.4. The van der Waals surface area contributed by atoms with E-state index in [4.69, 9.17) is 23.2 Å². The number of phenolic OH excluding ortho intramolecular Hbond substituents is 1. The molecule has 0 amide bonds. The number of nitriles is 1. The molecular formula is C18H13Cl2N3O. The van der Waals surface area contributed by atoms with Crippen molar-refractivity contribution in [2.24, 2.45) is 0 Å². The number of H-pyrrole nitrogens is 1. The zero-order chi connectivity index (χ0) is 17.4. The first-order valence-corrected chi connectivity index (χ1v) is 7.92. The Hall–Kier alpha value is -2.48. The average Bonchev–Trinajstić information content (AvgIpc) is 2.93. The Morgan fingerprint density at radius 2 is 1.79 bits per heavy atom. The van der Waals surface area contributed by atoms with Gasteiger partial charge in [-0.15, -0.1) is 0 Å². The van der Waals surface area contributed by atoms with Crippen molar-refractivity contribution in [1.82, 2.24) is 9.97 Å². The normalized spacial score (nSPS) is 11.7. The lowest BCUT2D eigenvalue weighted by Crippen LogP contribution is -1.85. The highest BCUT2D eigenvalue weighted by Crippen LogP contribution is 2.34. The Morgan fingerprint density at radius 3 is 2.42 bits per heavy atom. The summed E-state index contributed by atoms with van der Waals surface area (Å²) in [4.78, 5) is 7.64. The third kappa shape index (κ3) is 2.96. The van der Waals surface area contributed by atoms with Crippen LogP contribution in [0, 0.1) is 25.2 Å². The SMILES string of the molecule is Cc1cc2nc(/C(C#N)=C\c3cc(Cl)c(O)c(Cl)c3)[nH]c2cc1C. The molecule has 0 fully saturated rings. The Kier molecular flexibility index (Phi) is 4.23. The van der Waals surface area contributed by atoms with Crippen LogP contribution in [-0.2, 0) is 0 Å². The summed E-state index contributed by atoms with van der Waals surface area (Å²) < 4.78 is 0. The van der Waals surface area contributed by atoms with Gasteiger partial charge in [0.2, 0.25) is 0 Å². The summed E-state index contributed by atoms with van der Waals surface area (Å²) in [5.41, 5.74) is 4.91. The number of hydrogen-bond acceptors (Lipinski definition) is 3. The van der Waals surface area contributed by atoms with Gasteiger partial charge < -0.3 is 10.1 Å². The van der Waals surface area contributed by atoms with E-state index >= 15 is 0 Å². The fourth-order valence-corrected chi connectivity index (χ4v) is 2.89. The first kappa shape index (κ1) is 16.4. The van der Waals surface area contributed by atoms with E-state index in [1.54, 1.807) is 6.08 Å². The van der Waals surface area contributed by atoms with Crippen LogP contribution < -0.4 is 0 Å². The number of phenols is 1. The number of aromatic hydroxyl groups is 1. The molecule has 4 nitrogen and oxygen atoms in total. The molecule has 0 aliphatic rings. The monoisotopic (exact) mass is 357 g/mol. The fraction of sp³-hybridized carbons (Fsp3) is 0.111. The summed E-state index contributed by atoms with van der Waals surface area (Å²) in [6.07, 6.45) is 1.62. The van der Waals surface area contributed by atoms with Gasteiger partial charge in [0.15, 0.2) is 5.75 Å². The van der Waals surface area contributed by atoms with Gasteiger partial charge >= 0.3 is 0 Å². The summed E-state index contributed by atoms with van der Waals surface area (Å²) in [5.74, 6) is 0.293. The van der Waals surface area contributed by atoms with Crippen LogP contribution in [0.25, 0.3) is 22.7 Å². The molecule has 0 spiro atoms. The van der Waals surface area contributed by atoms with Crippen LogP contribution in [0.4, 0.5) is 0 Å². The van der Waals surface area contributed by atoms with Crippen molar-refractivity contribution >= 4 is 45.9 Å². The maximum atomic E-state index is 9.62.